The first-order valence-electron chi connectivity index (χ1n) is 5.12. The third-order valence-electron chi connectivity index (χ3n) is 1.72. The van der Waals surface area contributed by atoms with Crippen molar-refractivity contribution >= 4 is 5.82 Å². The van der Waals surface area contributed by atoms with E-state index in [-0.39, 0.29) is 0 Å². The van der Waals surface area contributed by atoms with E-state index in [4.69, 9.17) is 4.74 Å². The standard InChI is InChI=1S/C11H17FN2O/c1-9(2)8-15-7-6-13-11-5-3-4-10(12)14-11/h3-5,9H,6-8H2,1-2H3,(H,13,14). The zero-order valence-electron chi connectivity index (χ0n) is 9.16. The highest BCUT2D eigenvalue weighted by molar-refractivity contribution is 5.33. The Hall–Kier alpha value is -1.16. The molecule has 0 spiro atoms. The molecule has 0 saturated carbocycles. The van der Waals surface area contributed by atoms with Gasteiger partial charge in [0.15, 0.2) is 0 Å². The number of rotatable bonds is 6. The molecule has 3 nitrogen and oxygen atoms in total. The maximum atomic E-state index is 12.7. The van der Waals surface area contributed by atoms with Crippen LogP contribution in [-0.2, 0) is 4.74 Å². The molecular formula is C11H17FN2O. The van der Waals surface area contributed by atoms with Crippen LogP contribution < -0.4 is 5.32 Å². The zero-order valence-corrected chi connectivity index (χ0v) is 9.16. The Kier molecular flexibility index (Phi) is 5.04. The highest BCUT2D eigenvalue weighted by Gasteiger charge is 1.96. The lowest BCUT2D eigenvalue weighted by molar-refractivity contribution is 0.118. The third-order valence-corrected chi connectivity index (χ3v) is 1.72. The van der Waals surface area contributed by atoms with Gasteiger partial charge in [0.25, 0.3) is 0 Å². The number of pyridine rings is 1. The van der Waals surface area contributed by atoms with Gasteiger partial charge in [-0.25, -0.2) is 4.98 Å². The number of halogens is 1. The van der Waals surface area contributed by atoms with E-state index in [2.05, 4.69) is 24.1 Å². The molecule has 0 bridgehead atoms. The monoisotopic (exact) mass is 212 g/mol. The second kappa shape index (κ2) is 6.35. The van der Waals surface area contributed by atoms with Crippen molar-refractivity contribution in [3.05, 3.63) is 24.1 Å². The summed E-state index contributed by atoms with van der Waals surface area (Å²) in [6, 6.07) is 4.67. The van der Waals surface area contributed by atoms with E-state index in [9.17, 15) is 4.39 Å². The maximum absolute atomic E-state index is 12.7. The molecule has 0 saturated heterocycles. The Morgan fingerprint density at radius 3 is 2.93 bits per heavy atom. The van der Waals surface area contributed by atoms with E-state index in [1.54, 1.807) is 12.1 Å². The summed E-state index contributed by atoms with van der Waals surface area (Å²) in [5.74, 6) is 0.614. The lowest BCUT2D eigenvalue weighted by atomic mass is 10.2. The molecule has 0 amide bonds. The number of aromatic nitrogens is 1. The van der Waals surface area contributed by atoms with Crippen LogP contribution >= 0.6 is 0 Å². The molecule has 1 aromatic heterocycles. The number of hydrogen-bond donors (Lipinski definition) is 1. The molecule has 1 rings (SSSR count). The van der Waals surface area contributed by atoms with Gasteiger partial charge in [-0.3, -0.25) is 0 Å². The molecule has 1 heterocycles. The molecule has 84 valence electrons. The normalized spacial score (nSPS) is 10.7. The molecule has 4 heteroatoms. The van der Waals surface area contributed by atoms with Crippen LogP contribution in [0.1, 0.15) is 13.8 Å². The number of anilines is 1. The summed E-state index contributed by atoms with van der Waals surface area (Å²) in [4.78, 5) is 3.67. The quantitative estimate of drug-likeness (QED) is 0.580. The van der Waals surface area contributed by atoms with Gasteiger partial charge in [-0.05, 0) is 18.1 Å². The van der Waals surface area contributed by atoms with E-state index in [1.807, 2.05) is 0 Å². The van der Waals surface area contributed by atoms with Gasteiger partial charge in [0.1, 0.15) is 5.82 Å². The van der Waals surface area contributed by atoms with Gasteiger partial charge in [-0.1, -0.05) is 19.9 Å². The number of nitrogens with one attached hydrogen (secondary N) is 1. The molecule has 0 fully saturated rings. The van der Waals surface area contributed by atoms with Crippen LogP contribution in [0.15, 0.2) is 18.2 Å². The van der Waals surface area contributed by atoms with Crippen LogP contribution in [-0.4, -0.2) is 24.7 Å². The second-order valence-electron chi connectivity index (χ2n) is 3.74. The molecule has 15 heavy (non-hydrogen) atoms. The fourth-order valence-electron chi connectivity index (χ4n) is 1.08. The summed E-state index contributed by atoms with van der Waals surface area (Å²) in [5, 5.41) is 2.98. The van der Waals surface area contributed by atoms with Gasteiger partial charge in [-0.2, -0.15) is 4.39 Å². The van der Waals surface area contributed by atoms with Gasteiger partial charge in [-0.15, -0.1) is 0 Å². The Morgan fingerprint density at radius 1 is 1.47 bits per heavy atom. The Balaban J connectivity index is 2.15. The molecule has 0 radical (unpaired) electrons. The summed E-state index contributed by atoms with van der Waals surface area (Å²) in [5.41, 5.74) is 0. The summed E-state index contributed by atoms with van der Waals surface area (Å²) in [6.45, 7) is 6.20. The van der Waals surface area contributed by atoms with Crippen LogP contribution in [0.5, 0.6) is 0 Å². The van der Waals surface area contributed by atoms with Crippen LogP contribution in [0.4, 0.5) is 10.2 Å². The first-order chi connectivity index (χ1) is 7.18. The molecule has 0 aliphatic heterocycles. The van der Waals surface area contributed by atoms with Crippen molar-refractivity contribution in [1.82, 2.24) is 4.98 Å². The van der Waals surface area contributed by atoms with Crippen molar-refractivity contribution in [3.63, 3.8) is 0 Å². The predicted molar refractivity (Wildman–Crippen MR) is 58.3 cm³/mol. The topological polar surface area (TPSA) is 34.1 Å². The predicted octanol–water partition coefficient (Wildman–Crippen LogP) is 2.31. The average Bonchev–Trinajstić information content (AvgIpc) is 2.17. The molecule has 0 aliphatic rings. The number of nitrogens with zero attached hydrogens (tertiary/aromatic N) is 1. The summed E-state index contributed by atoms with van der Waals surface area (Å²) >= 11 is 0. The van der Waals surface area contributed by atoms with Crippen LogP contribution in [0.25, 0.3) is 0 Å². The van der Waals surface area contributed by atoms with E-state index in [1.165, 1.54) is 6.07 Å². The average molecular weight is 212 g/mol. The Labute approximate surface area is 89.7 Å². The lowest BCUT2D eigenvalue weighted by Crippen LogP contribution is -2.12. The number of ether oxygens (including phenoxy) is 1. The van der Waals surface area contributed by atoms with Crippen LogP contribution in [0.3, 0.4) is 0 Å². The Morgan fingerprint density at radius 2 is 2.27 bits per heavy atom. The molecule has 0 aliphatic carbocycles. The molecule has 0 unspecified atom stereocenters. The summed E-state index contributed by atoms with van der Waals surface area (Å²) in [6.07, 6.45) is 0. The van der Waals surface area contributed by atoms with E-state index in [0.717, 1.165) is 6.61 Å². The van der Waals surface area contributed by atoms with Crippen molar-refractivity contribution in [2.45, 2.75) is 13.8 Å². The van der Waals surface area contributed by atoms with E-state index < -0.39 is 5.95 Å². The number of hydrogen-bond acceptors (Lipinski definition) is 3. The van der Waals surface area contributed by atoms with Crippen LogP contribution in [0, 0.1) is 11.9 Å². The minimum absolute atomic E-state index is 0.469. The third kappa shape index (κ3) is 5.32. The van der Waals surface area contributed by atoms with E-state index in [0.29, 0.717) is 24.9 Å². The van der Waals surface area contributed by atoms with Crippen molar-refractivity contribution in [2.75, 3.05) is 25.1 Å². The second-order valence-corrected chi connectivity index (χ2v) is 3.74. The first-order valence-corrected chi connectivity index (χ1v) is 5.12. The molecular weight excluding hydrogens is 195 g/mol. The summed E-state index contributed by atoms with van der Waals surface area (Å²) < 4.78 is 18.0. The van der Waals surface area contributed by atoms with Crippen molar-refractivity contribution in [3.8, 4) is 0 Å². The molecule has 1 aromatic rings. The van der Waals surface area contributed by atoms with Gasteiger partial charge < -0.3 is 10.1 Å². The highest BCUT2D eigenvalue weighted by atomic mass is 19.1. The van der Waals surface area contributed by atoms with Crippen LogP contribution in [0.2, 0.25) is 0 Å². The van der Waals surface area contributed by atoms with Gasteiger partial charge in [0.05, 0.1) is 6.61 Å². The largest absolute Gasteiger partial charge is 0.379 e. The minimum Gasteiger partial charge on any atom is -0.379 e. The first kappa shape index (κ1) is 11.9. The molecule has 0 aromatic carbocycles. The molecule has 0 atom stereocenters. The van der Waals surface area contributed by atoms with Crippen molar-refractivity contribution in [1.29, 1.82) is 0 Å². The SMILES string of the molecule is CC(C)COCCNc1cccc(F)n1. The highest BCUT2D eigenvalue weighted by Crippen LogP contribution is 2.02. The zero-order chi connectivity index (χ0) is 11.1. The minimum atomic E-state index is -0.469. The van der Waals surface area contributed by atoms with E-state index >= 15 is 0 Å². The fourth-order valence-corrected chi connectivity index (χ4v) is 1.08. The van der Waals surface area contributed by atoms with Gasteiger partial charge in [0, 0.05) is 13.2 Å². The Bertz CT molecular complexity index is 292. The van der Waals surface area contributed by atoms with Gasteiger partial charge in [0.2, 0.25) is 5.95 Å². The van der Waals surface area contributed by atoms with Crippen molar-refractivity contribution < 1.29 is 9.13 Å². The van der Waals surface area contributed by atoms with Crippen molar-refractivity contribution in [2.24, 2.45) is 5.92 Å². The smallest absolute Gasteiger partial charge is 0.214 e. The lowest BCUT2D eigenvalue weighted by Gasteiger charge is -2.08. The molecule has 1 N–H and O–H groups in total. The fraction of sp³-hybridized carbons (Fsp3) is 0.545. The summed E-state index contributed by atoms with van der Waals surface area (Å²) in [7, 11) is 0. The van der Waals surface area contributed by atoms with Gasteiger partial charge >= 0.3 is 0 Å². The maximum Gasteiger partial charge on any atom is 0.214 e.